The van der Waals surface area contributed by atoms with E-state index in [9.17, 15) is 19.5 Å². The molecule has 0 radical (unpaired) electrons. The van der Waals surface area contributed by atoms with Crippen molar-refractivity contribution in [3.8, 4) is 0 Å². The normalized spacial score (nSPS) is 13.0. The Labute approximate surface area is 134 Å². The Hall–Kier alpha value is -2.36. The zero-order valence-corrected chi connectivity index (χ0v) is 13.4. The van der Waals surface area contributed by atoms with Crippen molar-refractivity contribution in [2.45, 2.75) is 38.8 Å². The second-order valence-electron chi connectivity index (χ2n) is 5.34. The largest absolute Gasteiger partial charge is 0.480 e. The van der Waals surface area contributed by atoms with E-state index in [1.807, 2.05) is 0 Å². The molecule has 0 spiro atoms. The van der Waals surface area contributed by atoms with Gasteiger partial charge in [0.15, 0.2) is 5.96 Å². The lowest BCUT2D eigenvalue weighted by atomic mass is 10.0. The first-order chi connectivity index (χ1) is 10.7. The number of aliphatic carboxylic acids is 1. The maximum Gasteiger partial charge on any atom is 0.326 e. The van der Waals surface area contributed by atoms with Crippen LogP contribution in [-0.4, -0.2) is 54.0 Å². The van der Waals surface area contributed by atoms with Crippen molar-refractivity contribution in [2.75, 3.05) is 13.1 Å². The number of nitrogens with two attached hydrogens (primary N) is 3. The number of carbonyl (C=O) groups is 3. The Balaban J connectivity index is 4.70. The monoisotopic (exact) mass is 330 g/mol. The van der Waals surface area contributed by atoms with Gasteiger partial charge in [0.2, 0.25) is 11.8 Å². The van der Waals surface area contributed by atoms with E-state index in [0.29, 0.717) is 6.42 Å². The molecule has 0 fully saturated rings. The summed E-state index contributed by atoms with van der Waals surface area (Å²) < 4.78 is 0. The summed E-state index contributed by atoms with van der Waals surface area (Å²) in [5.41, 5.74) is 15.6. The molecular formula is C13H26N6O4. The SMILES string of the molecule is CC(C)C(NC(=O)CN)C(=O)NC(CCCN=C(N)N)C(=O)O. The number of rotatable bonds is 10. The number of nitrogens with zero attached hydrogens (tertiary/aromatic N) is 1. The predicted octanol–water partition coefficient (Wildman–Crippen LogP) is -2.29. The quantitative estimate of drug-likeness (QED) is 0.148. The summed E-state index contributed by atoms with van der Waals surface area (Å²) in [6.07, 6.45) is 0.546. The van der Waals surface area contributed by atoms with Crippen LogP contribution in [0.15, 0.2) is 4.99 Å². The van der Waals surface area contributed by atoms with Crippen molar-refractivity contribution in [1.82, 2.24) is 10.6 Å². The van der Waals surface area contributed by atoms with Crippen LogP contribution in [0.3, 0.4) is 0 Å². The number of hydrogen-bond donors (Lipinski definition) is 6. The number of carboxylic acid groups (broad SMARTS) is 1. The van der Waals surface area contributed by atoms with Crippen molar-refractivity contribution in [1.29, 1.82) is 0 Å². The highest BCUT2D eigenvalue weighted by atomic mass is 16.4. The number of hydrogen-bond acceptors (Lipinski definition) is 5. The summed E-state index contributed by atoms with van der Waals surface area (Å²) >= 11 is 0. The summed E-state index contributed by atoms with van der Waals surface area (Å²) in [4.78, 5) is 38.5. The van der Waals surface area contributed by atoms with Gasteiger partial charge < -0.3 is 32.9 Å². The Morgan fingerprint density at radius 2 is 1.78 bits per heavy atom. The molecular weight excluding hydrogens is 304 g/mol. The van der Waals surface area contributed by atoms with Crippen molar-refractivity contribution >= 4 is 23.7 Å². The third-order valence-electron chi connectivity index (χ3n) is 3.01. The first kappa shape index (κ1) is 20.6. The molecule has 0 aromatic rings. The first-order valence-electron chi connectivity index (χ1n) is 7.27. The Morgan fingerprint density at radius 1 is 1.17 bits per heavy atom. The molecule has 0 rings (SSSR count). The highest BCUT2D eigenvalue weighted by molar-refractivity contribution is 5.90. The fraction of sp³-hybridized carbons (Fsp3) is 0.692. The van der Waals surface area contributed by atoms with Crippen LogP contribution in [0, 0.1) is 5.92 Å². The summed E-state index contributed by atoms with van der Waals surface area (Å²) in [6, 6.07) is -1.95. The van der Waals surface area contributed by atoms with Crippen LogP contribution >= 0.6 is 0 Å². The lowest BCUT2D eigenvalue weighted by Gasteiger charge is -2.23. The minimum Gasteiger partial charge on any atom is -0.480 e. The van der Waals surface area contributed by atoms with Gasteiger partial charge in [-0.05, 0) is 18.8 Å². The topological polar surface area (TPSA) is 186 Å². The van der Waals surface area contributed by atoms with Crippen molar-refractivity contribution < 1.29 is 19.5 Å². The van der Waals surface area contributed by atoms with Gasteiger partial charge in [0.25, 0.3) is 0 Å². The van der Waals surface area contributed by atoms with Crippen LogP contribution in [0.25, 0.3) is 0 Å². The molecule has 132 valence electrons. The van der Waals surface area contributed by atoms with E-state index in [0.717, 1.165) is 0 Å². The third kappa shape index (κ3) is 8.61. The molecule has 23 heavy (non-hydrogen) atoms. The van der Waals surface area contributed by atoms with E-state index >= 15 is 0 Å². The third-order valence-corrected chi connectivity index (χ3v) is 3.01. The molecule has 0 heterocycles. The van der Waals surface area contributed by atoms with Gasteiger partial charge in [-0.15, -0.1) is 0 Å². The van der Waals surface area contributed by atoms with Gasteiger partial charge in [-0.2, -0.15) is 0 Å². The zero-order valence-electron chi connectivity index (χ0n) is 13.4. The molecule has 2 atom stereocenters. The summed E-state index contributed by atoms with van der Waals surface area (Å²) in [6.45, 7) is 3.47. The standard InChI is InChI=1S/C13H26N6O4/c1-7(2)10(19-9(20)6-14)11(21)18-8(12(22)23)4-3-5-17-13(15)16/h7-8,10H,3-6,14H2,1-2H3,(H,18,21)(H,19,20)(H,22,23)(H4,15,16,17). The number of guanidine groups is 1. The van der Waals surface area contributed by atoms with Gasteiger partial charge >= 0.3 is 5.97 Å². The summed E-state index contributed by atoms with van der Waals surface area (Å²) in [7, 11) is 0. The van der Waals surface area contributed by atoms with Gasteiger partial charge in [-0.1, -0.05) is 13.8 Å². The maximum absolute atomic E-state index is 12.2. The van der Waals surface area contributed by atoms with Gasteiger partial charge in [-0.25, -0.2) is 4.79 Å². The number of carbonyl (C=O) groups excluding carboxylic acids is 2. The molecule has 0 aliphatic rings. The van der Waals surface area contributed by atoms with E-state index < -0.39 is 29.9 Å². The fourth-order valence-corrected chi connectivity index (χ4v) is 1.79. The maximum atomic E-state index is 12.2. The lowest BCUT2D eigenvalue weighted by molar-refractivity contribution is -0.142. The van der Waals surface area contributed by atoms with E-state index in [1.54, 1.807) is 13.8 Å². The summed E-state index contributed by atoms with van der Waals surface area (Å²) in [5.74, 6) is -2.53. The second-order valence-corrected chi connectivity index (χ2v) is 5.34. The second kappa shape index (κ2) is 10.4. The Morgan fingerprint density at radius 3 is 2.22 bits per heavy atom. The molecule has 2 unspecified atom stereocenters. The smallest absolute Gasteiger partial charge is 0.326 e. The molecule has 0 saturated heterocycles. The molecule has 10 heteroatoms. The van der Waals surface area contributed by atoms with Gasteiger partial charge in [0.1, 0.15) is 12.1 Å². The number of amides is 2. The Bertz CT molecular complexity index is 448. The zero-order chi connectivity index (χ0) is 18.0. The molecule has 0 aliphatic carbocycles. The summed E-state index contributed by atoms with van der Waals surface area (Å²) in [5, 5.41) is 14.1. The van der Waals surface area contributed by atoms with Gasteiger partial charge in [-0.3, -0.25) is 14.6 Å². The van der Waals surface area contributed by atoms with E-state index in [2.05, 4.69) is 15.6 Å². The fourth-order valence-electron chi connectivity index (χ4n) is 1.79. The number of carboxylic acids is 1. The van der Waals surface area contributed by atoms with Crippen LogP contribution in [0.2, 0.25) is 0 Å². The number of aliphatic imine (C=N–C) groups is 1. The van der Waals surface area contributed by atoms with Gasteiger partial charge in [0, 0.05) is 6.54 Å². The van der Waals surface area contributed by atoms with Crippen LogP contribution in [0.5, 0.6) is 0 Å². The molecule has 0 saturated carbocycles. The van der Waals surface area contributed by atoms with Crippen LogP contribution in [0.1, 0.15) is 26.7 Å². The van der Waals surface area contributed by atoms with Gasteiger partial charge in [0.05, 0.1) is 6.54 Å². The van der Waals surface area contributed by atoms with Crippen LogP contribution in [0.4, 0.5) is 0 Å². The molecule has 10 nitrogen and oxygen atoms in total. The highest BCUT2D eigenvalue weighted by Gasteiger charge is 2.28. The molecule has 0 aromatic heterocycles. The van der Waals surface area contributed by atoms with E-state index in [-0.39, 0.29) is 31.4 Å². The predicted molar refractivity (Wildman–Crippen MR) is 85.3 cm³/mol. The average Bonchev–Trinajstić information content (AvgIpc) is 2.46. The highest BCUT2D eigenvalue weighted by Crippen LogP contribution is 2.05. The molecule has 0 bridgehead atoms. The number of nitrogens with one attached hydrogen (secondary N) is 2. The first-order valence-corrected chi connectivity index (χ1v) is 7.27. The van der Waals surface area contributed by atoms with Crippen LogP contribution < -0.4 is 27.8 Å². The molecule has 0 aromatic carbocycles. The molecule has 2 amide bonds. The van der Waals surface area contributed by atoms with E-state index in [1.165, 1.54) is 0 Å². The molecule has 9 N–H and O–H groups in total. The van der Waals surface area contributed by atoms with Crippen LogP contribution in [-0.2, 0) is 14.4 Å². The Kier molecular flexibility index (Phi) is 9.31. The van der Waals surface area contributed by atoms with Crippen molar-refractivity contribution in [3.63, 3.8) is 0 Å². The van der Waals surface area contributed by atoms with Crippen molar-refractivity contribution in [2.24, 2.45) is 28.1 Å². The van der Waals surface area contributed by atoms with E-state index in [4.69, 9.17) is 17.2 Å². The lowest BCUT2D eigenvalue weighted by Crippen LogP contribution is -2.54. The minimum absolute atomic E-state index is 0.0784. The molecule has 0 aliphatic heterocycles. The average molecular weight is 330 g/mol. The minimum atomic E-state index is -1.17. The van der Waals surface area contributed by atoms with Crippen molar-refractivity contribution in [3.05, 3.63) is 0 Å².